The molecular weight excluding hydrogens is 508 g/mol. The SMILES string of the molecule is O=[N+]([O-])c1ccc(S(=O)(=O)NCCC(c2ccccc2)N2CCC(Cc3ccccc3)CC2)c([N+](=O)[O-])c1. The van der Waals surface area contributed by atoms with Crippen molar-refractivity contribution < 1.29 is 18.3 Å². The molecule has 0 radical (unpaired) electrons. The van der Waals surface area contributed by atoms with Gasteiger partial charge in [0.15, 0.2) is 4.90 Å². The third-order valence-electron chi connectivity index (χ3n) is 6.99. The van der Waals surface area contributed by atoms with Gasteiger partial charge in [-0.2, -0.15) is 0 Å². The summed E-state index contributed by atoms with van der Waals surface area (Å²) in [5, 5.41) is 22.4. The Labute approximate surface area is 221 Å². The van der Waals surface area contributed by atoms with E-state index in [9.17, 15) is 28.6 Å². The number of nitro groups is 2. The first kappa shape index (κ1) is 27.4. The van der Waals surface area contributed by atoms with Gasteiger partial charge in [0.1, 0.15) is 0 Å². The van der Waals surface area contributed by atoms with Gasteiger partial charge < -0.3 is 0 Å². The van der Waals surface area contributed by atoms with Crippen LogP contribution in [-0.2, 0) is 16.4 Å². The molecule has 1 aliphatic heterocycles. The summed E-state index contributed by atoms with van der Waals surface area (Å²) in [6.45, 7) is 1.83. The second-order valence-electron chi connectivity index (χ2n) is 9.45. The summed E-state index contributed by atoms with van der Waals surface area (Å²) < 4.78 is 28.4. The molecule has 0 aliphatic carbocycles. The Morgan fingerprint density at radius 1 is 0.895 bits per heavy atom. The minimum absolute atomic E-state index is 0.0246. The number of nitro benzene ring substituents is 2. The van der Waals surface area contributed by atoms with Crippen molar-refractivity contribution in [1.82, 2.24) is 9.62 Å². The van der Waals surface area contributed by atoms with Gasteiger partial charge in [0.25, 0.3) is 11.4 Å². The average Bonchev–Trinajstić information content (AvgIpc) is 2.92. The summed E-state index contributed by atoms with van der Waals surface area (Å²) in [5.41, 5.74) is 1.04. The summed E-state index contributed by atoms with van der Waals surface area (Å²) in [5.74, 6) is 0.589. The molecule has 3 aromatic carbocycles. The standard InChI is InChI=1S/C27H30N4O6S/c32-30(33)24-11-12-27(26(20-24)31(34)35)38(36,37)28-16-13-25(23-9-5-2-6-10-23)29-17-14-22(15-18-29)19-21-7-3-1-4-8-21/h1-12,20,22,25,28H,13-19H2. The van der Waals surface area contributed by atoms with Crippen LogP contribution in [0.3, 0.4) is 0 Å². The fourth-order valence-electron chi connectivity index (χ4n) is 5.05. The van der Waals surface area contributed by atoms with E-state index < -0.39 is 36.1 Å². The minimum atomic E-state index is -4.26. The lowest BCUT2D eigenvalue weighted by molar-refractivity contribution is -0.396. The molecule has 1 unspecified atom stereocenters. The van der Waals surface area contributed by atoms with Gasteiger partial charge in [0.05, 0.1) is 15.9 Å². The number of nitrogens with zero attached hydrogens (tertiary/aromatic N) is 3. The number of hydrogen-bond acceptors (Lipinski definition) is 7. The van der Waals surface area contributed by atoms with Crippen LogP contribution in [0.5, 0.6) is 0 Å². The molecule has 0 saturated carbocycles. The average molecular weight is 539 g/mol. The molecule has 1 fully saturated rings. The van der Waals surface area contributed by atoms with E-state index in [1.807, 2.05) is 36.4 Å². The highest BCUT2D eigenvalue weighted by Crippen LogP contribution is 2.32. The zero-order chi connectivity index (χ0) is 27.1. The van der Waals surface area contributed by atoms with E-state index >= 15 is 0 Å². The topological polar surface area (TPSA) is 136 Å². The minimum Gasteiger partial charge on any atom is -0.296 e. The molecule has 38 heavy (non-hydrogen) atoms. The van der Waals surface area contributed by atoms with E-state index in [4.69, 9.17) is 0 Å². The largest absolute Gasteiger partial charge is 0.296 e. The lowest BCUT2D eigenvalue weighted by Gasteiger charge is -2.38. The van der Waals surface area contributed by atoms with Crippen LogP contribution >= 0.6 is 0 Å². The predicted molar refractivity (Wildman–Crippen MR) is 143 cm³/mol. The number of hydrogen-bond donors (Lipinski definition) is 1. The number of non-ortho nitro benzene ring substituents is 1. The molecule has 0 bridgehead atoms. The Kier molecular flexibility index (Phi) is 8.82. The third-order valence-corrected chi connectivity index (χ3v) is 8.50. The fraction of sp³-hybridized carbons (Fsp3) is 0.333. The molecule has 200 valence electrons. The van der Waals surface area contributed by atoms with E-state index in [1.165, 1.54) is 5.56 Å². The van der Waals surface area contributed by atoms with Crippen LogP contribution in [0.2, 0.25) is 0 Å². The number of rotatable bonds is 11. The lowest BCUT2D eigenvalue weighted by Crippen LogP contribution is -2.39. The van der Waals surface area contributed by atoms with Crippen LogP contribution in [0.4, 0.5) is 11.4 Å². The third kappa shape index (κ3) is 6.80. The van der Waals surface area contributed by atoms with Crippen molar-refractivity contribution >= 4 is 21.4 Å². The summed E-state index contributed by atoms with van der Waals surface area (Å²) in [6, 6.07) is 22.8. The van der Waals surface area contributed by atoms with Gasteiger partial charge in [0.2, 0.25) is 10.0 Å². The van der Waals surface area contributed by atoms with Gasteiger partial charge in [-0.1, -0.05) is 60.7 Å². The first-order valence-electron chi connectivity index (χ1n) is 12.5. The first-order chi connectivity index (χ1) is 18.2. The molecular formula is C27H30N4O6S. The van der Waals surface area contributed by atoms with Crippen LogP contribution in [0, 0.1) is 26.1 Å². The van der Waals surface area contributed by atoms with Crippen molar-refractivity contribution in [2.24, 2.45) is 5.92 Å². The Bertz CT molecular complexity index is 1360. The highest BCUT2D eigenvalue weighted by Gasteiger charge is 2.30. The number of likely N-dealkylation sites (tertiary alicyclic amines) is 1. The van der Waals surface area contributed by atoms with Gasteiger partial charge in [-0.25, -0.2) is 13.1 Å². The van der Waals surface area contributed by atoms with Gasteiger partial charge in [-0.3, -0.25) is 25.1 Å². The molecule has 1 aliphatic rings. The number of piperidine rings is 1. The van der Waals surface area contributed by atoms with E-state index in [-0.39, 0.29) is 12.6 Å². The Morgan fingerprint density at radius 3 is 2.13 bits per heavy atom. The van der Waals surface area contributed by atoms with Gasteiger partial charge in [-0.05, 0) is 61.9 Å². The maximum absolute atomic E-state index is 13.0. The zero-order valence-electron chi connectivity index (χ0n) is 20.8. The van der Waals surface area contributed by atoms with Crippen molar-refractivity contribution in [3.8, 4) is 0 Å². The summed E-state index contributed by atoms with van der Waals surface area (Å²) in [7, 11) is -4.26. The summed E-state index contributed by atoms with van der Waals surface area (Å²) >= 11 is 0. The van der Waals surface area contributed by atoms with Gasteiger partial charge in [0, 0.05) is 18.7 Å². The number of benzene rings is 3. The zero-order valence-corrected chi connectivity index (χ0v) is 21.6. The van der Waals surface area contributed by atoms with Gasteiger partial charge >= 0.3 is 0 Å². The monoisotopic (exact) mass is 538 g/mol. The molecule has 3 aromatic rings. The molecule has 1 heterocycles. The Morgan fingerprint density at radius 2 is 1.53 bits per heavy atom. The molecule has 10 nitrogen and oxygen atoms in total. The van der Waals surface area contributed by atoms with Crippen molar-refractivity contribution in [2.75, 3.05) is 19.6 Å². The Balaban J connectivity index is 1.43. The van der Waals surface area contributed by atoms with Crippen LogP contribution < -0.4 is 4.72 Å². The van der Waals surface area contributed by atoms with Crippen molar-refractivity contribution in [2.45, 2.75) is 36.6 Å². The number of nitrogens with one attached hydrogen (secondary N) is 1. The first-order valence-corrected chi connectivity index (χ1v) is 14.0. The summed E-state index contributed by atoms with van der Waals surface area (Å²) in [6.07, 6.45) is 3.59. The van der Waals surface area contributed by atoms with E-state index in [2.05, 4.69) is 33.9 Å². The second kappa shape index (κ2) is 12.2. The molecule has 4 rings (SSSR count). The van der Waals surface area contributed by atoms with Crippen LogP contribution in [0.15, 0.2) is 83.8 Å². The summed E-state index contributed by atoms with van der Waals surface area (Å²) in [4.78, 5) is 22.5. The normalized spacial score (nSPS) is 15.7. The lowest BCUT2D eigenvalue weighted by atomic mass is 9.88. The van der Waals surface area contributed by atoms with E-state index in [1.54, 1.807) is 0 Å². The fourth-order valence-corrected chi connectivity index (χ4v) is 6.25. The van der Waals surface area contributed by atoms with E-state index in [0.29, 0.717) is 18.4 Å². The Hall–Kier alpha value is -3.67. The molecule has 0 amide bonds. The molecule has 11 heteroatoms. The molecule has 0 spiro atoms. The van der Waals surface area contributed by atoms with Crippen molar-refractivity contribution in [1.29, 1.82) is 0 Å². The highest BCUT2D eigenvalue weighted by atomic mass is 32.2. The van der Waals surface area contributed by atoms with Crippen molar-refractivity contribution in [3.63, 3.8) is 0 Å². The number of sulfonamides is 1. The quantitative estimate of drug-likeness (QED) is 0.272. The second-order valence-corrected chi connectivity index (χ2v) is 11.2. The molecule has 1 saturated heterocycles. The smallest absolute Gasteiger partial charge is 0.296 e. The maximum atomic E-state index is 13.0. The van der Waals surface area contributed by atoms with Crippen LogP contribution in [-0.4, -0.2) is 42.8 Å². The van der Waals surface area contributed by atoms with E-state index in [0.717, 1.165) is 50.0 Å². The van der Waals surface area contributed by atoms with Gasteiger partial charge in [-0.15, -0.1) is 0 Å². The maximum Gasteiger partial charge on any atom is 0.296 e. The van der Waals surface area contributed by atoms with Crippen LogP contribution in [0.1, 0.15) is 36.4 Å². The predicted octanol–water partition coefficient (Wildman–Crippen LogP) is 4.87. The highest BCUT2D eigenvalue weighted by molar-refractivity contribution is 7.89. The van der Waals surface area contributed by atoms with Crippen molar-refractivity contribution in [3.05, 3.63) is 110 Å². The molecule has 1 atom stereocenters. The molecule has 1 N–H and O–H groups in total. The molecule has 0 aromatic heterocycles. The van der Waals surface area contributed by atoms with Crippen LogP contribution in [0.25, 0.3) is 0 Å².